The van der Waals surface area contributed by atoms with E-state index in [0.717, 1.165) is 0 Å². The van der Waals surface area contributed by atoms with E-state index in [-0.39, 0.29) is 36.6 Å². The molecule has 3 rings (SSSR count). The van der Waals surface area contributed by atoms with Crippen LogP contribution in [0.1, 0.15) is 22.5 Å². The lowest BCUT2D eigenvalue weighted by Gasteiger charge is -2.43. The SMILES string of the molecule is Cn1cc(Cl)c(C(=O)N2CC[C@H](O)[C@](Cc3cccc(F)c3)(C(=O)O)C2)n1. The molecule has 0 radical (unpaired) electrons. The fourth-order valence-corrected chi connectivity index (χ4v) is 3.74. The minimum atomic E-state index is -1.65. The Morgan fingerprint density at radius 2 is 2.19 bits per heavy atom. The topological polar surface area (TPSA) is 95.7 Å². The predicted octanol–water partition coefficient (Wildman–Crippen LogP) is 1.73. The normalized spacial score (nSPS) is 22.7. The van der Waals surface area contributed by atoms with Crippen molar-refractivity contribution >= 4 is 23.5 Å². The van der Waals surface area contributed by atoms with E-state index in [4.69, 9.17) is 11.6 Å². The number of aliphatic hydroxyl groups is 1. The van der Waals surface area contributed by atoms with Gasteiger partial charge in [-0.2, -0.15) is 5.10 Å². The average Bonchev–Trinajstić information content (AvgIpc) is 2.94. The van der Waals surface area contributed by atoms with Crippen molar-refractivity contribution in [2.75, 3.05) is 13.1 Å². The van der Waals surface area contributed by atoms with Gasteiger partial charge in [0.15, 0.2) is 5.69 Å². The van der Waals surface area contributed by atoms with Crippen LogP contribution in [-0.2, 0) is 18.3 Å². The number of piperidine rings is 1. The zero-order valence-corrected chi connectivity index (χ0v) is 15.4. The second-order valence-electron chi connectivity index (χ2n) is 6.80. The van der Waals surface area contributed by atoms with Gasteiger partial charge in [-0.25, -0.2) is 4.39 Å². The Morgan fingerprint density at radius 3 is 2.78 bits per heavy atom. The zero-order chi connectivity index (χ0) is 19.8. The van der Waals surface area contributed by atoms with Gasteiger partial charge in [-0.05, 0) is 30.5 Å². The van der Waals surface area contributed by atoms with Crippen molar-refractivity contribution < 1.29 is 24.2 Å². The largest absolute Gasteiger partial charge is 0.481 e. The summed E-state index contributed by atoms with van der Waals surface area (Å²) in [5, 5.41) is 24.6. The van der Waals surface area contributed by atoms with Crippen molar-refractivity contribution in [1.29, 1.82) is 0 Å². The molecular formula is C18H19ClFN3O4. The summed E-state index contributed by atoms with van der Waals surface area (Å²) < 4.78 is 14.9. The zero-order valence-electron chi connectivity index (χ0n) is 14.6. The van der Waals surface area contributed by atoms with E-state index >= 15 is 0 Å². The molecule has 0 saturated carbocycles. The molecule has 0 spiro atoms. The minimum Gasteiger partial charge on any atom is -0.481 e. The number of likely N-dealkylation sites (tertiary alicyclic amines) is 1. The molecule has 1 aliphatic rings. The summed E-state index contributed by atoms with van der Waals surface area (Å²) in [6.45, 7) is -0.0587. The van der Waals surface area contributed by atoms with Gasteiger partial charge in [-0.3, -0.25) is 14.3 Å². The number of carbonyl (C=O) groups is 2. The molecule has 2 atom stereocenters. The third kappa shape index (κ3) is 3.68. The summed E-state index contributed by atoms with van der Waals surface area (Å²) in [6.07, 6.45) is 0.269. The number of aromatic nitrogens is 2. The number of carboxylic acids is 1. The van der Waals surface area contributed by atoms with Gasteiger partial charge >= 0.3 is 5.97 Å². The van der Waals surface area contributed by atoms with Crippen LogP contribution in [0.3, 0.4) is 0 Å². The number of aliphatic carboxylic acids is 1. The summed E-state index contributed by atoms with van der Waals surface area (Å²) >= 11 is 6.03. The Labute approximate surface area is 160 Å². The number of rotatable bonds is 4. The number of nitrogens with zero attached hydrogens (tertiary/aromatic N) is 3. The second kappa shape index (κ2) is 7.28. The standard InChI is InChI=1S/C18H19ClFN3O4/c1-22-9-13(19)15(21-22)16(25)23-6-5-14(24)18(10-23,17(26)27)8-11-3-2-4-12(20)7-11/h2-4,7,9,14,24H,5-6,8,10H2,1H3,(H,26,27)/t14-,18+/m0/s1. The fraction of sp³-hybridized carbons (Fsp3) is 0.389. The number of carboxylic acid groups (broad SMARTS) is 1. The Bertz CT molecular complexity index is 887. The van der Waals surface area contributed by atoms with Crippen LogP contribution in [-0.4, -0.2) is 56.0 Å². The smallest absolute Gasteiger partial charge is 0.314 e. The van der Waals surface area contributed by atoms with Crippen LogP contribution < -0.4 is 0 Å². The van der Waals surface area contributed by atoms with Crippen molar-refractivity contribution in [2.24, 2.45) is 12.5 Å². The molecule has 1 fully saturated rings. The average molecular weight is 396 g/mol. The van der Waals surface area contributed by atoms with E-state index in [9.17, 15) is 24.2 Å². The first-order chi connectivity index (χ1) is 12.7. The number of hydrogen-bond acceptors (Lipinski definition) is 4. The van der Waals surface area contributed by atoms with Crippen LogP contribution in [0.25, 0.3) is 0 Å². The molecule has 2 N–H and O–H groups in total. The Morgan fingerprint density at radius 1 is 1.44 bits per heavy atom. The number of halogens is 2. The summed E-state index contributed by atoms with van der Waals surface area (Å²) in [5.41, 5.74) is -1.19. The lowest BCUT2D eigenvalue weighted by molar-refractivity contribution is -0.161. The number of hydrogen-bond donors (Lipinski definition) is 2. The Balaban J connectivity index is 1.92. The molecule has 1 amide bonds. The Kier molecular flexibility index (Phi) is 5.21. The molecule has 1 aromatic carbocycles. The van der Waals surface area contributed by atoms with E-state index in [2.05, 4.69) is 5.10 Å². The van der Waals surface area contributed by atoms with Crippen molar-refractivity contribution in [2.45, 2.75) is 18.9 Å². The number of aryl methyl sites for hydroxylation is 1. The van der Waals surface area contributed by atoms with E-state index in [1.54, 1.807) is 13.1 Å². The first-order valence-electron chi connectivity index (χ1n) is 8.37. The Hall–Kier alpha value is -2.45. The highest BCUT2D eigenvalue weighted by atomic mass is 35.5. The highest BCUT2D eigenvalue weighted by molar-refractivity contribution is 6.33. The highest BCUT2D eigenvalue weighted by Crippen LogP contribution is 2.35. The van der Waals surface area contributed by atoms with Crippen LogP contribution in [0.15, 0.2) is 30.5 Å². The highest BCUT2D eigenvalue weighted by Gasteiger charge is 2.50. The summed E-state index contributed by atoms with van der Waals surface area (Å²) in [6, 6.07) is 5.56. The minimum absolute atomic E-state index is 0.0283. The molecule has 2 heterocycles. The molecule has 7 nitrogen and oxygen atoms in total. The predicted molar refractivity (Wildman–Crippen MR) is 94.9 cm³/mol. The van der Waals surface area contributed by atoms with Crippen molar-refractivity contribution in [3.8, 4) is 0 Å². The molecule has 1 saturated heterocycles. The van der Waals surface area contributed by atoms with E-state index in [1.807, 2.05) is 0 Å². The second-order valence-corrected chi connectivity index (χ2v) is 7.21. The van der Waals surface area contributed by atoms with Gasteiger partial charge in [-0.1, -0.05) is 23.7 Å². The first-order valence-corrected chi connectivity index (χ1v) is 8.75. The number of benzene rings is 1. The first kappa shape index (κ1) is 19.3. The van der Waals surface area contributed by atoms with E-state index in [0.29, 0.717) is 5.56 Å². The van der Waals surface area contributed by atoms with Gasteiger partial charge in [-0.15, -0.1) is 0 Å². The lowest BCUT2D eigenvalue weighted by Crippen LogP contribution is -2.58. The van der Waals surface area contributed by atoms with Crippen molar-refractivity contribution in [3.63, 3.8) is 0 Å². The maximum Gasteiger partial charge on any atom is 0.314 e. The molecule has 27 heavy (non-hydrogen) atoms. The molecule has 9 heteroatoms. The molecule has 0 bridgehead atoms. The summed E-state index contributed by atoms with van der Waals surface area (Å²) in [4.78, 5) is 26.2. The van der Waals surface area contributed by atoms with Gasteiger partial charge in [0.25, 0.3) is 5.91 Å². The third-order valence-corrected chi connectivity index (χ3v) is 5.17. The van der Waals surface area contributed by atoms with Crippen LogP contribution in [0.4, 0.5) is 4.39 Å². The van der Waals surface area contributed by atoms with Gasteiger partial charge in [0.1, 0.15) is 11.2 Å². The summed E-state index contributed by atoms with van der Waals surface area (Å²) in [5.74, 6) is -2.24. The van der Waals surface area contributed by atoms with Gasteiger partial charge < -0.3 is 15.1 Å². The van der Waals surface area contributed by atoms with Gasteiger partial charge in [0.05, 0.1) is 11.1 Å². The molecule has 1 aliphatic heterocycles. The molecule has 144 valence electrons. The van der Waals surface area contributed by atoms with Crippen molar-refractivity contribution in [3.05, 3.63) is 52.6 Å². The number of amides is 1. The monoisotopic (exact) mass is 395 g/mol. The van der Waals surface area contributed by atoms with E-state index in [1.165, 1.54) is 34.0 Å². The molecular weight excluding hydrogens is 377 g/mol. The number of carbonyl (C=O) groups excluding carboxylic acids is 1. The quantitative estimate of drug-likeness (QED) is 0.822. The molecule has 1 aromatic heterocycles. The lowest BCUT2D eigenvalue weighted by atomic mass is 9.72. The number of aliphatic hydroxyl groups excluding tert-OH is 1. The molecule has 2 aromatic rings. The molecule has 0 unspecified atom stereocenters. The van der Waals surface area contributed by atoms with Crippen LogP contribution in [0.2, 0.25) is 5.02 Å². The fourth-order valence-electron chi connectivity index (χ4n) is 3.48. The third-order valence-electron chi connectivity index (χ3n) is 4.89. The van der Waals surface area contributed by atoms with Gasteiger partial charge in [0.2, 0.25) is 0 Å². The van der Waals surface area contributed by atoms with Crippen LogP contribution in [0.5, 0.6) is 0 Å². The maximum atomic E-state index is 13.5. The summed E-state index contributed by atoms with van der Waals surface area (Å²) in [7, 11) is 1.62. The van der Waals surface area contributed by atoms with E-state index < -0.39 is 29.2 Å². The van der Waals surface area contributed by atoms with Crippen LogP contribution in [0, 0.1) is 11.2 Å². The van der Waals surface area contributed by atoms with Gasteiger partial charge in [0, 0.05) is 26.3 Å². The maximum absolute atomic E-state index is 13.5. The van der Waals surface area contributed by atoms with Crippen molar-refractivity contribution in [1.82, 2.24) is 14.7 Å². The molecule has 0 aliphatic carbocycles. The van der Waals surface area contributed by atoms with Crippen LogP contribution >= 0.6 is 11.6 Å².